The predicted octanol–water partition coefficient (Wildman–Crippen LogP) is 3.13. The molecule has 1 aromatic carbocycles. The Morgan fingerprint density at radius 3 is 1.85 bits per heavy atom. The monoisotopic (exact) mass is 313 g/mol. The van der Waals surface area contributed by atoms with Crippen LogP contribution in [-0.2, 0) is 0 Å². The van der Waals surface area contributed by atoms with Crippen LogP contribution in [0, 0.1) is 34.5 Å². The molecule has 0 unspecified atom stereocenters. The van der Waals surface area contributed by atoms with Gasteiger partial charge in [0.2, 0.25) is 5.82 Å². The first-order chi connectivity index (χ1) is 9.33. The summed E-state index contributed by atoms with van der Waals surface area (Å²) in [6, 6.07) is 0. The van der Waals surface area contributed by atoms with Gasteiger partial charge in [-0.1, -0.05) is 0 Å². The molecule has 8 heteroatoms. The quantitative estimate of drug-likeness (QED) is 0.393. The number of amides is 1. The summed E-state index contributed by atoms with van der Waals surface area (Å²) >= 11 is 5.65. The SMILES string of the molecule is O=C(NCC1(CCl)CC1)c1c(F)c(F)c(F)c(F)c1F. The average Bonchev–Trinajstić information content (AvgIpc) is 3.22. The maximum atomic E-state index is 13.4. The van der Waals surface area contributed by atoms with Crippen molar-refractivity contribution in [1.82, 2.24) is 5.32 Å². The molecule has 0 radical (unpaired) electrons. The van der Waals surface area contributed by atoms with E-state index in [4.69, 9.17) is 11.6 Å². The van der Waals surface area contributed by atoms with Crippen LogP contribution in [0.15, 0.2) is 0 Å². The Bertz CT molecular complexity index is 544. The number of hydrogen-bond acceptors (Lipinski definition) is 1. The molecule has 1 aromatic rings. The first-order valence-electron chi connectivity index (χ1n) is 5.68. The van der Waals surface area contributed by atoms with Gasteiger partial charge in [0.05, 0.1) is 0 Å². The normalized spacial score (nSPS) is 16.1. The van der Waals surface area contributed by atoms with Crippen molar-refractivity contribution in [3.63, 3.8) is 0 Å². The molecular weight excluding hydrogens is 305 g/mol. The smallest absolute Gasteiger partial charge is 0.257 e. The molecule has 1 N–H and O–H groups in total. The molecule has 2 nitrogen and oxygen atoms in total. The van der Waals surface area contributed by atoms with Crippen LogP contribution < -0.4 is 5.32 Å². The van der Waals surface area contributed by atoms with Crippen molar-refractivity contribution < 1.29 is 26.7 Å². The standard InChI is InChI=1S/C12H9ClF5NO/c13-3-12(1-2-12)4-19-11(20)5-6(14)8(16)10(18)9(17)7(5)15/h1-4H2,(H,19,20). The Morgan fingerprint density at radius 1 is 1.00 bits per heavy atom. The van der Waals surface area contributed by atoms with Gasteiger partial charge in [0.25, 0.3) is 5.91 Å². The number of nitrogens with one attached hydrogen (secondary N) is 1. The number of halogens is 6. The number of hydrogen-bond donors (Lipinski definition) is 1. The van der Waals surface area contributed by atoms with E-state index in [1.165, 1.54) is 0 Å². The zero-order valence-electron chi connectivity index (χ0n) is 10.0. The highest BCUT2D eigenvalue weighted by Gasteiger charge is 2.42. The van der Waals surface area contributed by atoms with Gasteiger partial charge in [0, 0.05) is 17.8 Å². The van der Waals surface area contributed by atoms with E-state index in [0.29, 0.717) is 0 Å². The van der Waals surface area contributed by atoms with Crippen LogP contribution >= 0.6 is 11.6 Å². The van der Waals surface area contributed by atoms with E-state index in [1.54, 1.807) is 0 Å². The van der Waals surface area contributed by atoms with Crippen LogP contribution in [0.25, 0.3) is 0 Å². The molecule has 0 saturated heterocycles. The highest BCUT2D eigenvalue weighted by Crippen LogP contribution is 2.45. The van der Waals surface area contributed by atoms with E-state index in [-0.39, 0.29) is 17.8 Å². The number of benzene rings is 1. The molecule has 0 bridgehead atoms. The third-order valence-electron chi connectivity index (χ3n) is 3.30. The van der Waals surface area contributed by atoms with Crippen molar-refractivity contribution in [3.8, 4) is 0 Å². The summed E-state index contributed by atoms with van der Waals surface area (Å²) in [4.78, 5) is 11.6. The highest BCUT2D eigenvalue weighted by molar-refractivity contribution is 6.18. The topological polar surface area (TPSA) is 29.1 Å². The molecule has 1 amide bonds. The highest BCUT2D eigenvalue weighted by atomic mass is 35.5. The minimum atomic E-state index is -2.30. The Hall–Kier alpha value is -1.37. The van der Waals surface area contributed by atoms with Gasteiger partial charge >= 0.3 is 0 Å². The molecule has 0 aromatic heterocycles. The van der Waals surface area contributed by atoms with Crippen LogP contribution in [0.4, 0.5) is 22.0 Å². The van der Waals surface area contributed by atoms with Crippen LogP contribution in [0.1, 0.15) is 23.2 Å². The summed E-state index contributed by atoms with van der Waals surface area (Å²) in [6.45, 7) is 0.0226. The van der Waals surface area contributed by atoms with E-state index < -0.39 is 40.6 Å². The minimum Gasteiger partial charge on any atom is -0.351 e. The molecule has 0 spiro atoms. The molecule has 1 fully saturated rings. The zero-order valence-corrected chi connectivity index (χ0v) is 10.8. The first kappa shape index (κ1) is 15.0. The Kier molecular flexibility index (Phi) is 3.90. The van der Waals surface area contributed by atoms with E-state index in [9.17, 15) is 26.7 Å². The van der Waals surface area contributed by atoms with Gasteiger partial charge in [0.1, 0.15) is 5.56 Å². The van der Waals surface area contributed by atoms with Crippen molar-refractivity contribution in [1.29, 1.82) is 0 Å². The summed E-state index contributed by atoms with van der Waals surface area (Å²) in [5.41, 5.74) is -1.83. The number of carbonyl (C=O) groups excluding carboxylic acids is 1. The minimum absolute atomic E-state index is 0.0226. The number of alkyl halides is 1. The summed E-state index contributed by atoms with van der Waals surface area (Å²) in [7, 11) is 0. The summed E-state index contributed by atoms with van der Waals surface area (Å²) < 4.78 is 65.5. The van der Waals surface area contributed by atoms with E-state index in [1.807, 2.05) is 0 Å². The summed E-state index contributed by atoms with van der Waals surface area (Å²) in [6.07, 6.45) is 1.46. The molecule has 0 aliphatic heterocycles. The van der Waals surface area contributed by atoms with Crippen molar-refractivity contribution in [3.05, 3.63) is 34.6 Å². The lowest BCUT2D eigenvalue weighted by atomic mass is 10.1. The Balaban J connectivity index is 2.26. The third-order valence-corrected chi connectivity index (χ3v) is 3.87. The largest absolute Gasteiger partial charge is 0.351 e. The van der Waals surface area contributed by atoms with Gasteiger partial charge in [-0.15, -0.1) is 11.6 Å². The fourth-order valence-electron chi connectivity index (χ4n) is 1.69. The van der Waals surface area contributed by atoms with Gasteiger partial charge in [-0.25, -0.2) is 22.0 Å². The van der Waals surface area contributed by atoms with Gasteiger partial charge in [-0.05, 0) is 12.8 Å². The van der Waals surface area contributed by atoms with E-state index in [2.05, 4.69) is 5.32 Å². The summed E-state index contributed by atoms with van der Waals surface area (Å²) in [5.74, 6) is -12.0. The molecule has 1 saturated carbocycles. The second kappa shape index (κ2) is 5.20. The van der Waals surface area contributed by atoms with Crippen molar-refractivity contribution in [2.24, 2.45) is 5.41 Å². The fourth-order valence-corrected chi connectivity index (χ4v) is 2.06. The Labute approximate surface area is 115 Å². The number of carbonyl (C=O) groups is 1. The fraction of sp³-hybridized carbons (Fsp3) is 0.417. The van der Waals surface area contributed by atoms with Gasteiger partial charge in [-0.2, -0.15) is 0 Å². The maximum Gasteiger partial charge on any atom is 0.257 e. The van der Waals surface area contributed by atoms with Gasteiger partial charge in [-0.3, -0.25) is 4.79 Å². The maximum absolute atomic E-state index is 13.4. The molecule has 0 atom stereocenters. The zero-order chi connectivity index (χ0) is 15.1. The van der Waals surface area contributed by atoms with Gasteiger partial charge < -0.3 is 5.32 Å². The van der Waals surface area contributed by atoms with Crippen molar-refractivity contribution in [2.75, 3.05) is 12.4 Å². The lowest BCUT2D eigenvalue weighted by molar-refractivity contribution is 0.0934. The van der Waals surface area contributed by atoms with Crippen molar-refractivity contribution in [2.45, 2.75) is 12.8 Å². The Morgan fingerprint density at radius 2 is 1.45 bits per heavy atom. The van der Waals surface area contributed by atoms with Crippen LogP contribution in [-0.4, -0.2) is 18.3 Å². The van der Waals surface area contributed by atoms with E-state index >= 15 is 0 Å². The summed E-state index contributed by atoms with van der Waals surface area (Å²) in [5, 5.41) is 2.15. The third kappa shape index (κ3) is 2.46. The molecule has 20 heavy (non-hydrogen) atoms. The van der Waals surface area contributed by atoms with Crippen LogP contribution in [0.3, 0.4) is 0 Å². The molecular formula is C12H9ClF5NO. The second-order valence-corrected chi connectivity index (χ2v) is 5.03. The first-order valence-corrected chi connectivity index (χ1v) is 6.22. The molecule has 1 aliphatic carbocycles. The van der Waals surface area contributed by atoms with Crippen LogP contribution in [0.2, 0.25) is 0 Å². The molecule has 0 heterocycles. The lowest BCUT2D eigenvalue weighted by Crippen LogP contribution is -2.33. The number of rotatable bonds is 4. The van der Waals surface area contributed by atoms with Crippen LogP contribution in [0.5, 0.6) is 0 Å². The average molecular weight is 314 g/mol. The second-order valence-electron chi connectivity index (χ2n) is 4.76. The van der Waals surface area contributed by atoms with E-state index in [0.717, 1.165) is 12.8 Å². The molecule has 1 aliphatic rings. The molecule has 110 valence electrons. The van der Waals surface area contributed by atoms with Gasteiger partial charge in [0.15, 0.2) is 23.3 Å². The predicted molar refractivity (Wildman–Crippen MR) is 61.0 cm³/mol. The lowest BCUT2D eigenvalue weighted by Gasteiger charge is -2.13. The molecule has 2 rings (SSSR count). The van der Waals surface area contributed by atoms with Crippen molar-refractivity contribution >= 4 is 17.5 Å².